The molecule has 0 aliphatic carbocycles. The predicted molar refractivity (Wildman–Crippen MR) is 121 cm³/mol. The number of ether oxygens (including phenoxy) is 2. The Kier molecular flexibility index (Phi) is 8.00. The second-order valence-corrected chi connectivity index (χ2v) is 6.78. The molecule has 3 aromatic carbocycles. The normalized spacial score (nSPS) is 10.6. The molecule has 0 bridgehead atoms. The van der Waals surface area contributed by atoms with E-state index in [1.807, 2.05) is 61.5 Å². The van der Waals surface area contributed by atoms with Gasteiger partial charge in [-0.05, 0) is 48.4 Å². The SMILES string of the molecule is CCNC(=O)COc1ccc(/C=C/C(=O)c2ccccc2OCc2ccccc2)cc1. The summed E-state index contributed by atoms with van der Waals surface area (Å²) in [6.07, 6.45) is 3.26. The summed E-state index contributed by atoms with van der Waals surface area (Å²) in [5.74, 6) is 0.843. The molecule has 0 aliphatic heterocycles. The first-order chi connectivity index (χ1) is 15.2. The third kappa shape index (κ3) is 6.85. The highest BCUT2D eigenvalue weighted by Gasteiger charge is 2.09. The van der Waals surface area contributed by atoms with Crippen LogP contribution in [0.2, 0.25) is 0 Å². The molecule has 0 atom stereocenters. The summed E-state index contributed by atoms with van der Waals surface area (Å²) in [6, 6.07) is 24.2. The smallest absolute Gasteiger partial charge is 0.257 e. The average Bonchev–Trinajstić information content (AvgIpc) is 2.81. The van der Waals surface area contributed by atoms with Crippen molar-refractivity contribution in [2.24, 2.45) is 0 Å². The van der Waals surface area contributed by atoms with Crippen LogP contribution in [0.5, 0.6) is 11.5 Å². The zero-order valence-corrected chi connectivity index (χ0v) is 17.4. The maximum Gasteiger partial charge on any atom is 0.257 e. The molecule has 1 amide bonds. The predicted octanol–water partition coefficient (Wildman–Crippen LogP) is 4.68. The molecule has 0 aliphatic rings. The fourth-order valence-electron chi connectivity index (χ4n) is 2.87. The first-order valence-electron chi connectivity index (χ1n) is 10.1. The van der Waals surface area contributed by atoms with Gasteiger partial charge in [0.15, 0.2) is 12.4 Å². The minimum Gasteiger partial charge on any atom is -0.488 e. The Morgan fingerprint density at radius 3 is 2.32 bits per heavy atom. The van der Waals surface area contributed by atoms with Gasteiger partial charge in [-0.2, -0.15) is 0 Å². The first-order valence-corrected chi connectivity index (χ1v) is 10.1. The number of rotatable bonds is 10. The Morgan fingerprint density at radius 1 is 0.871 bits per heavy atom. The number of hydrogen-bond donors (Lipinski definition) is 1. The largest absolute Gasteiger partial charge is 0.488 e. The highest BCUT2D eigenvalue weighted by Crippen LogP contribution is 2.21. The Labute approximate surface area is 182 Å². The standard InChI is InChI=1S/C26H25NO4/c1-2-27-26(29)19-30-22-15-12-20(13-16-22)14-17-24(28)23-10-6-7-11-25(23)31-18-21-8-4-3-5-9-21/h3-17H,2,18-19H2,1H3,(H,27,29)/b17-14+. The van der Waals surface area contributed by atoms with Crippen molar-refractivity contribution in [3.05, 3.63) is 102 Å². The van der Waals surface area contributed by atoms with Crippen LogP contribution in [-0.4, -0.2) is 24.8 Å². The molecule has 3 aromatic rings. The van der Waals surface area contributed by atoms with Gasteiger partial charge in [-0.15, -0.1) is 0 Å². The van der Waals surface area contributed by atoms with E-state index in [2.05, 4.69) is 5.32 Å². The van der Waals surface area contributed by atoms with Gasteiger partial charge in [-0.25, -0.2) is 0 Å². The number of nitrogens with one attached hydrogen (secondary N) is 1. The van der Waals surface area contributed by atoms with E-state index in [4.69, 9.17) is 9.47 Å². The van der Waals surface area contributed by atoms with Crippen LogP contribution in [0.1, 0.15) is 28.4 Å². The minimum atomic E-state index is -0.162. The number of ketones is 1. The lowest BCUT2D eigenvalue weighted by molar-refractivity contribution is -0.122. The molecular weight excluding hydrogens is 390 g/mol. The summed E-state index contributed by atoms with van der Waals surface area (Å²) in [7, 11) is 0. The van der Waals surface area contributed by atoms with Gasteiger partial charge in [-0.1, -0.05) is 60.7 Å². The van der Waals surface area contributed by atoms with E-state index >= 15 is 0 Å². The molecule has 5 nitrogen and oxygen atoms in total. The molecule has 5 heteroatoms. The molecule has 1 N–H and O–H groups in total. The van der Waals surface area contributed by atoms with Gasteiger partial charge < -0.3 is 14.8 Å². The van der Waals surface area contributed by atoms with E-state index in [0.717, 1.165) is 11.1 Å². The molecule has 158 valence electrons. The Bertz CT molecular complexity index is 1030. The van der Waals surface area contributed by atoms with Gasteiger partial charge in [0.05, 0.1) is 5.56 Å². The molecule has 0 fully saturated rings. The van der Waals surface area contributed by atoms with Crippen LogP contribution in [0.4, 0.5) is 0 Å². The van der Waals surface area contributed by atoms with Gasteiger partial charge in [0.25, 0.3) is 5.91 Å². The van der Waals surface area contributed by atoms with Crippen LogP contribution < -0.4 is 14.8 Å². The monoisotopic (exact) mass is 415 g/mol. The molecule has 3 rings (SSSR count). The summed E-state index contributed by atoms with van der Waals surface area (Å²) in [6.45, 7) is 2.79. The van der Waals surface area contributed by atoms with Gasteiger partial charge in [0.1, 0.15) is 18.1 Å². The highest BCUT2D eigenvalue weighted by atomic mass is 16.5. The number of carbonyl (C=O) groups is 2. The molecule has 0 spiro atoms. The molecule has 0 saturated carbocycles. The van der Waals surface area contributed by atoms with Crippen LogP contribution >= 0.6 is 0 Å². The molecule has 0 aromatic heterocycles. The number of allylic oxidation sites excluding steroid dienone is 1. The van der Waals surface area contributed by atoms with Crippen molar-refractivity contribution in [3.63, 3.8) is 0 Å². The lowest BCUT2D eigenvalue weighted by Gasteiger charge is -2.09. The molecule has 0 heterocycles. The summed E-state index contributed by atoms with van der Waals surface area (Å²) in [5, 5.41) is 2.68. The van der Waals surface area contributed by atoms with E-state index in [9.17, 15) is 9.59 Å². The second-order valence-electron chi connectivity index (χ2n) is 6.78. The number of hydrogen-bond acceptors (Lipinski definition) is 4. The molecule has 31 heavy (non-hydrogen) atoms. The minimum absolute atomic E-state index is 0.0265. The van der Waals surface area contributed by atoms with E-state index in [-0.39, 0.29) is 18.3 Å². The van der Waals surface area contributed by atoms with Crippen LogP contribution in [0.15, 0.2) is 84.9 Å². The Balaban J connectivity index is 1.60. The van der Waals surface area contributed by atoms with Crippen LogP contribution in [0, 0.1) is 0 Å². The topological polar surface area (TPSA) is 64.6 Å². The summed E-state index contributed by atoms with van der Waals surface area (Å²) in [4.78, 5) is 24.2. The third-order valence-corrected chi connectivity index (χ3v) is 4.44. The lowest BCUT2D eigenvalue weighted by atomic mass is 10.1. The number of carbonyl (C=O) groups excluding carboxylic acids is 2. The third-order valence-electron chi connectivity index (χ3n) is 4.44. The van der Waals surface area contributed by atoms with Crippen LogP contribution in [-0.2, 0) is 11.4 Å². The van der Waals surface area contributed by atoms with E-state index in [0.29, 0.717) is 30.2 Å². The van der Waals surface area contributed by atoms with Crippen molar-refractivity contribution in [2.75, 3.05) is 13.2 Å². The van der Waals surface area contributed by atoms with Crippen molar-refractivity contribution >= 4 is 17.8 Å². The van der Waals surface area contributed by atoms with Gasteiger partial charge in [-0.3, -0.25) is 9.59 Å². The van der Waals surface area contributed by atoms with E-state index < -0.39 is 0 Å². The lowest BCUT2D eigenvalue weighted by Crippen LogP contribution is -2.28. The van der Waals surface area contributed by atoms with Crippen LogP contribution in [0.25, 0.3) is 6.08 Å². The number of benzene rings is 3. The fraction of sp³-hybridized carbons (Fsp3) is 0.154. The van der Waals surface area contributed by atoms with Gasteiger partial charge >= 0.3 is 0 Å². The summed E-state index contributed by atoms with van der Waals surface area (Å²) >= 11 is 0. The van der Waals surface area contributed by atoms with Crippen molar-refractivity contribution < 1.29 is 19.1 Å². The fourth-order valence-corrected chi connectivity index (χ4v) is 2.87. The van der Waals surface area contributed by atoms with Crippen molar-refractivity contribution in [2.45, 2.75) is 13.5 Å². The number of amides is 1. The van der Waals surface area contributed by atoms with Crippen LogP contribution in [0.3, 0.4) is 0 Å². The Hall–Kier alpha value is -3.86. The summed E-state index contributed by atoms with van der Waals surface area (Å²) in [5.41, 5.74) is 2.40. The van der Waals surface area contributed by atoms with Gasteiger partial charge in [0.2, 0.25) is 0 Å². The van der Waals surface area contributed by atoms with Crippen molar-refractivity contribution in [1.82, 2.24) is 5.32 Å². The molecule has 0 radical (unpaired) electrons. The first kappa shape index (κ1) is 21.8. The quantitative estimate of drug-likeness (QED) is 0.386. The van der Waals surface area contributed by atoms with E-state index in [1.165, 1.54) is 6.08 Å². The van der Waals surface area contributed by atoms with E-state index in [1.54, 1.807) is 30.3 Å². The summed E-state index contributed by atoms with van der Waals surface area (Å²) < 4.78 is 11.3. The van der Waals surface area contributed by atoms with Crippen molar-refractivity contribution in [3.8, 4) is 11.5 Å². The van der Waals surface area contributed by atoms with Crippen molar-refractivity contribution in [1.29, 1.82) is 0 Å². The maximum absolute atomic E-state index is 12.7. The zero-order chi connectivity index (χ0) is 21.9. The second kappa shape index (κ2) is 11.4. The number of para-hydroxylation sites is 1. The molecule has 0 saturated heterocycles. The number of likely N-dealkylation sites (N-methyl/N-ethyl adjacent to an activating group) is 1. The average molecular weight is 415 g/mol. The highest BCUT2D eigenvalue weighted by molar-refractivity contribution is 6.08. The molecule has 0 unspecified atom stereocenters. The van der Waals surface area contributed by atoms with Gasteiger partial charge in [0, 0.05) is 6.54 Å². The molecular formula is C26H25NO4. The Morgan fingerprint density at radius 2 is 1.58 bits per heavy atom. The zero-order valence-electron chi connectivity index (χ0n) is 17.4. The maximum atomic E-state index is 12.7.